The highest BCUT2D eigenvalue weighted by atomic mass is 16.5. The molecule has 0 bridgehead atoms. The van der Waals surface area contributed by atoms with Crippen molar-refractivity contribution in [2.45, 2.75) is 38.5 Å². The monoisotopic (exact) mass is 257 g/mol. The summed E-state index contributed by atoms with van der Waals surface area (Å²) in [5, 5.41) is 4.41. The van der Waals surface area contributed by atoms with E-state index in [2.05, 4.69) is 18.2 Å². The second kappa shape index (κ2) is 5.05. The third-order valence-electron chi connectivity index (χ3n) is 3.59. The zero-order chi connectivity index (χ0) is 13.2. The van der Waals surface area contributed by atoms with Gasteiger partial charge in [0.15, 0.2) is 0 Å². The minimum absolute atomic E-state index is 0.300. The minimum atomic E-state index is 0.300. The number of nitrogens with zero attached hydrogens (tertiary/aromatic N) is 2. The number of hydrogen-bond donors (Lipinski definition) is 1. The highest BCUT2D eigenvalue weighted by Crippen LogP contribution is 2.23. The van der Waals surface area contributed by atoms with E-state index in [1.54, 1.807) is 0 Å². The van der Waals surface area contributed by atoms with Gasteiger partial charge in [-0.2, -0.15) is 5.10 Å². The zero-order valence-electron chi connectivity index (χ0n) is 11.1. The standard InChI is InChI=1S/C15H19N3O/c1-11-2-7-15(19-11)10-18-9-13(8-17-18)12-3-5-14(16)6-4-12/h3-6,8-9,11,15H,2,7,10,16H2,1H3. The van der Waals surface area contributed by atoms with Gasteiger partial charge in [0.05, 0.1) is 24.9 Å². The molecule has 2 aromatic rings. The molecule has 1 aromatic heterocycles. The summed E-state index contributed by atoms with van der Waals surface area (Å²) in [5.74, 6) is 0. The van der Waals surface area contributed by atoms with E-state index in [1.807, 2.05) is 35.1 Å². The van der Waals surface area contributed by atoms with Gasteiger partial charge in [-0.1, -0.05) is 12.1 Å². The van der Waals surface area contributed by atoms with Crippen molar-refractivity contribution in [2.75, 3.05) is 5.73 Å². The predicted molar refractivity (Wildman–Crippen MR) is 75.6 cm³/mol. The topological polar surface area (TPSA) is 53.1 Å². The molecular weight excluding hydrogens is 238 g/mol. The van der Waals surface area contributed by atoms with Crippen molar-refractivity contribution in [3.63, 3.8) is 0 Å². The first-order valence-corrected chi connectivity index (χ1v) is 6.74. The average Bonchev–Trinajstić information content (AvgIpc) is 3.00. The van der Waals surface area contributed by atoms with Crippen molar-refractivity contribution in [1.82, 2.24) is 9.78 Å². The van der Waals surface area contributed by atoms with E-state index in [4.69, 9.17) is 10.5 Å². The Morgan fingerprint density at radius 1 is 1.26 bits per heavy atom. The summed E-state index contributed by atoms with van der Waals surface area (Å²) in [4.78, 5) is 0. The Morgan fingerprint density at radius 2 is 2.05 bits per heavy atom. The maximum Gasteiger partial charge on any atom is 0.0775 e. The molecule has 0 radical (unpaired) electrons. The Balaban J connectivity index is 1.71. The fourth-order valence-corrected chi connectivity index (χ4v) is 2.52. The first-order chi connectivity index (χ1) is 9.20. The van der Waals surface area contributed by atoms with Gasteiger partial charge in [0, 0.05) is 17.4 Å². The molecule has 100 valence electrons. The summed E-state index contributed by atoms with van der Waals surface area (Å²) in [6.07, 6.45) is 6.92. The van der Waals surface area contributed by atoms with Crippen LogP contribution in [0.1, 0.15) is 19.8 Å². The summed E-state index contributed by atoms with van der Waals surface area (Å²) in [7, 11) is 0. The molecule has 19 heavy (non-hydrogen) atoms. The van der Waals surface area contributed by atoms with Crippen LogP contribution in [0.4, 0.5) is 5.69 Å². The summed E-state index contributed by atoms with van der Waals surface area (Å²) in [6, 6.07) is 7.86. The predicted octanol–water partition coefficient (Wildman–Crippen LogP) is 2.70. The molecule has 2 heterocycles. The van der Waals surface area contributed by atoms with Crippen molar-refractivity contribution in [2.24, 2.45) is 0 Å². The third kappa shape index (κ3) is 2.79. The highest BCUT2D eigenvalue weighted by Gasteiger charge is 2.22. The number of rotatable bonds is 3. The molecule has 1 aromatic carbocycles. The number of anilines is 1. The Morgan fingerprint density at radius 3 is 2.74 bits per heavy atom. The minimum Gasteiger partial charge on any atom is -0.399 e. The van der Waals surface area contributed by atoms with Gasteiger partial charge < -0.3 is 10.5 Å². The lowest BCUT2D eigenvalue weighted by atomic mass is 10.1. The van der Waals surface area contributed by atoms with Crippen molar-refractivity contribution < 1.29 is 4.74 Å². The molecule has 0 spiro atoms. The third-order valence-corrected chi connectivity index (χ3v) is 3.59. The maximum atomic E-state index is 5.82. The van der Waals surface area contributed by atoms with Gasteiger partial charge in [0.25, 0.3) is 0 Å². The van der Waals surface area contributed by atoms with Crippen LogP contribution in [0, 0.1) is 0 Å². The lowest BCUT2D eigenvalue weighted by molar-refractivity contribution is 0.0437. The summed E-state index contributed by atoms with van der Waals surface area (Å²) in [5.41, 5.74) is 8.73. The SMILES string of the molecule is CC1CCC(Cn2cc(-c3ccc(N)cc3)cn2)O1. The normalized spacial score (nSPS) is 22.8. The molecule has 3 rings (SSSR count). The fourth-order valence-electron chi connectivity index (χ4n) is 2.52. The van der Waals surface area contributed by atoms with Gasteiger partial charge >= 0.3 is 0 Å². The van der Waals surface area contributed by atoms with Gasteiger partial charge in [0.1, 0.15) is 0 Å². The second-order valence-corrected chi connectivity index (χ2v) is 5.22. The van der Waals surface area contributed by atoms with Gasteiger partial charge in [0.2, 0.25) is 0 Å². The van der Waals surface area contributed by atoms with Crippen LogP contribution < -0.4 is 5.73 Å². The van der Waals surface area contributed by atoms with Crippen LogP contribution in [0.25, 0.3) is 11.1 Å². The van der Waals surface area contributed by atoms with E-state index in [1.165, 1.54) is 0 Å². The molecule has 0 saturated carbocycles. The van der Waals surface area contributed by atoms with Crippen LogP contribution in [-0.4, -0.2) is 22.0 Å². The molecule has 1 aliphatic rings. The van der Waals surface area contributed by atoms with Gasteiger partial charge in [-0.3, -0.25) is 4.68 Å². The van der Waals surface area contributed by atoms with E-state index >= 15 is 0 Å². The number of aromatic nitrogens is 2. The highest BCUT2D eigenvalue weighted by molar-refractivity contribution is 5.63. The smallest absolute Gasteiger partial charge is 0.0775 e. The lowest BCUT2D eigenvalue weighted by Gasteiger charge is -2.10. The zero-order valence-corrected chi connectivity index (χ0v) is 11.1. The second-order valence-electron chi connectivity index (χ2n) is 5.22. The number of nitrogens with two attached hydrogens (primary N) is 1. The molecule has 0 amide bonds. The first kappa shape index (κ1) is 12.2. The van der Waals surface area contributed by atoms with Crippen molar-refractivity contribution in [3.05, 3.63) is 36.7 Å². The average molecular weight is 257 g/mol. The number of benzene rings is 1. The molecule has 1 aliphatic heterocycles. The fraction of sp³-hybridized carbons (Fsp3) is 0.400. The Hall–Kier alpha value is -1.81. The number of nitrogen functional groups attached to an aromatic ring is 1. The quantitative estimate of drug-likeness (QED) is 0.860. The van der Waals surface area contributed by atoms with Crippen LogP contribution in [0.5, 0.6) is 0 Å². The number of ether oxygens (including phenoxy) is 1. The van der Waals surface area contributed by atoms with Crippen molar-refractivity contribution in [1.29, 1.82) is 0 Å². The molecule has 0 aliphatic carbocycles. The van der Waals surface area contributed by atoms with Crippen molar-refractivity contribution >= 4 is 5.69 Å². The largest absolute Gasteiger partial charge is 0.399 e. The Kier molecular flexibility index (Phi) is 3.25. The van der Waals surface area contributed by atoms with E-state index in [0.717, 1.165) is 36.2 Å². The van der Waals surface area contributed by atoms with E-state index in [-0.39, 0.29) is 0 Å². The molecular formula is C15H19N3O. The van der Waals surface area contributed by atoms with Crippen LogP contribution in [-0.2, 0) is 11.3 Å². The van der Waals surface area contributed by atoms with Crippen LogP contribution in [0.2, 0.25) is 0 Å². The number of hydrogen-bond acceptors (Lipinski definition) is 3. The van der Waals surface area contributed by atoms with Crippen molar-refractivity contribution in [3.8, 4) is 11.1 Å². The summed E-state index contributed by atoms with van der Waals surface area (Å²) in [6.45, 7) is 2.96. The first-order valence-electron chi connectivity index (χ1n) is 6.74. The van der Waals surface area contributed by atoms with Gasteiger partial charge in [-0.25, -0.2) is 0 Å². The molecule has 2 N–H and O–H groups in total. The Labute approximate surface area is 113 Å². The summed E-state index contributed by atoms with van der Waals surface area (Å²) >= 11 is 0. The van der Waals surface area contributed by atoms with Crippen LogP contribution >= 0.6 is 0 Å². The summed E-state index contributed by atoms with van der Waals surface area (Å²) < 4.78 is 7.79. The van der Waals surface area contributed by atoms with E-state index < -0.39 is 0 Å². The molecule has 1 saturated heterocycles. The molecule has 4 nitrogen and oxygen atoms in total. The molecule has 2 unspecified atom stereocenters. The molecule has 4 heteroatoms. The Bertz CT molecular complexity index is 547. The van der Waals surface area contributed by atoms with Gasteiger partial charge in [-0.15, -0.1) is 0 Å². The van der Waals surface area contributed by atoms with Gasteiger partial charge in [-0.05, 0) is 37.5 Å². The van der Waals surface area contributed by atoms with Crippen LogP contribution in [0.15, 0.2) is 36.7 Å². The van der Waals surface area contributed by atoms with E-state index in [9.17, 15) is 0 Å². The van der Waals surface area contributed by atoms with E-state index in [0.29, 0.717) is 12.2 Å². The maximum absolute atomic E-state index is 5.82. The van der Waals surface area contributed by atoms with Crippen LogP contribution in [0.3, 0.4) is 0 Å². The lowest BCUT2D eigenvalue weighted by Crippen LogP contribution is -2.16. The molecule has 1 fully saturated rings. The molecule has 2 atom stereocenters.